The average molecular weight is 435 g/mol. The summed E-state index contributed by atoms with van der Waals surface area (Å²) in [7, 11) is 0. The summed E-state index contributed by atoms with van der Waals surface area (Å²) in [5.41, 5.74) is 0.499. The summed E-state index contributed by atoms with van der Waals surface area (Å²) in [5, 5.41) is 11.9. The van der Waals surface area contributed by atoms with E-state index in [1.165, 1.54) is 16.8 Å². The van der Waals surface area contributed by atoms with Crippen molar-refractivity contribution < 1.29 is 13.7 Å². The van der Waals surface area contributed by atoms with Crippen LogP contribution in [0.1, 0.15) is 43.2 Å². The SMILES string of the molecule is CC(C)Cn1nc(C(=O)NC(C)c2nc(-c3ccc(F)cc3)no2)c2ccccc2c1=O. The number of benzene rings is 2. The molecule has 0 bridgehead atoms. The predicted octanol–water partition coefficient (Wildman–Crippen LogP) is 3.73. The molecule has 1 amide bonds. The van der Waals surface area contributed by atoms with Crippen LogP contribution in [0.4, 0.5) is 4.39 Å². The summed E-state index contributed by atoms with van der Waals surface area (Å²) in [6, 6.07) is 12.0. The molecule has 4 rings (SSSR count). The summed E-state index contributed by atoms with van der Waals surface area (Å²) in [6.45, 7) is 6.04. The first-order valence-electron chi connectivity index (χ1n) is 10.2. The fraction of sp³-hybridized carbons (Fsp3) is 0.261. The second kappa shape index (κ2) is 8.70. The lowest BCUT2D eigenvalue weighted by Crippen LogP contribution is -2.33. The second-order valence-corrected chi connectivity index (χ2v) is 7.93. The molecule has 9 heteroatoms. The van der Waals surface area contributed by atoms with Crippen LogP contribution in [-0.4, -0.2) is 25.8 Å². The molecular formula is C23H22FN5O3. The summed E-state index contributed by atoms with van der Waals surface area (Å²) in [4.78, 5) is 30.1. The van der Waals surface area contributed by atoms with E-state index < -0.39 is 11.9 Å². The van der Waals surface area contributed by atoms with Crippen LogP contribution < -0.4 is 10.9 Å². The van der Waals surface area contributed by atoms with Crippen molar-refractivity contribution in [3.8, 4) is 11.4 Å². The van der Waals surface area contributed by atoms with E-state index in [9.17, 15) is 14.0 Å². The number of carbonyl (C=O) groups is 1. The van der Waals surface area contributed by atoms with Gasteiger partial charge in [-0.3, -0.25) is 9.59 Å². The molecule has 1 atom stereocenters. The molecule has 164 valence electrons. The molecular weight excluding hydrogens is 413 g/mol. The molecule has 0 fully saturated rings. The Morgan fingerprint density at radius 2 is 1.78 bits per heavy atom. The average Bonchev–Trinajstić information content (AvgIpc) is 3.26. The van der Waals surface area contributed by atoms with Gasteiger partial charge in [0.2, 0.25) is 11.7 Å². The van der Waals surface area contributed by atoms with Gasteiger partial charge < -0.3 is 9.84 Å². The molecule has 2 heterocycles. The molecule has 1 N–H and O–H groups in total. The maximum atomic E-state index is 13.1. The zero-order chi connectivity index (χ0) is 22.8. The molecule has 2 aromatic heterocycles. The van der Waals surface area contributed by atoms with Crippen LogP contribution in [-0.2, 0) is 6.54 Å². The van der Waals surface area contributed by atoms with Crippen molar-refractivity contribution in [3.63, 3.8) is 0 Å². The quantitative estimate of drug-likeness (QED) is 0.495. The summed E-state index contributed by atoms with van der Waals surface area (Å²) >= 11 is 0. The highest BCUT2D eigenvalue weighted by molar-refractivity contribution is 6.04. The Balaban J connectivity index is 1.62. The smallest absolute Gasteiger partial charge is 0.274 e. The van der Waals surface area contributed by atoms with Crippen LogP contribution in [0.3, 0.4) is 0 Å². The van der Waals surface area contributed by atoms with Crippen LogP contribution in [0.15, 0.2) is 57.8 Å². The fourth-order valence-corrected chi connectivity index (χ4v) is 3.33. The van der Waals surface area contributed by atoms with Crippen LogP contribution in [0.25, 0.3) is 22.2 Å². The third kappa shape index (κ3) is 4.27. The van der Waals surface area contributed by atoms with E-state index in [0.29, 0.717) is 22.9 Å². The fourth-order valence-electron chi connectivity index (χ4n) is 3.33. The van der Waals surface area contributed by atoms with E-state index in [0.717, 1.165) is 0 Å². The van der Waals surface area contributed by atoms with Crippen LogP contribution in [0.5, 0.6) is 0 Å². The molecule has 1 unspecified atom stereocenters. The van der Waals surface area contributed by atoms with Gasteiger partial charge in [0.1, 0.15) is 11.9 Å². The van der Waals surface area contributed by atoms with E-state index >= 15 is 0 Å². The van der Waals surface area contributed by atoms with Crippen molar-refractivity contribution in [2.75, 3.05) is 0 Å². The zero-order valence-electron chi connectivity index (χ0n) is 17.9. The van der Waals surface area contributed by atoms with Gasteiger partial charge in [0.05, 0.1) is 5.39 Å². The Morgan fingerprint density at radius 1 is 1.09 bits per heavy atom. The Bertz CT molecular complexity index is 1330. The lowest BCUT2D eigenvalue weighted by Gasteiger charge is -2.14. The monoisotopic (exact) mass is 435 g/mol. The first-order chi connectivity index (χ1) is 15.3. The number of nitrogens with one attached hydrogen (secondary N) is 1. The largest absolute Gasteiger partial charge is 0.339 e. The van der Waals surface area contributed by atoms with Crippen molar-refractivity contribution in [1.82, 2.24) is 25.2 Å². The van der Waals surface area contributed by atoms with Crippen LogP contribution in [0.2, 0.25) is 0 Å². The highest BCUT2D eigenvalue weighted by Gasteiger charge is 2.22. The number of rotatable bonds is 6. The van der Waals surface area contributed by atoms with Gasteiger partial charge in [-0.2, -0.15) is 10.1 Å². The number of aromatic nitrogens is 4. The first-order valence-corrected chi connectivity index (χ1v) is 10.2. The number of nitrogens with zero attached hydrogens (tertiary/aromatic N) is 4. The van der Waals surface area contributed by atoms with Crippen molar-refractivity contribution in [3.05, 3.63) is 76.3 Å². The molecule has 0 aliphatic rings. The van der Waals surface area contributed by atoms with E-state index in [4.69, 9.17) is 4.52 Å². The highest BCUT2D eigenvalue weighted by atomic mass is 19.1. The van der Waals surface area contributed by atoms with Crippen molar-refractivity contribution in [2.45, 2.75) is 33.4 Å². The highest BCUT2D eigenvalue weighted by Crippen LogP contribution is 2.20. The molecule has 0 aliphatic carbocycles. The number of hydrogen-bond acceptors (Lipinski definition) is 6. The number of hydrogen-bond donors (Lipinski definition) is 1. The van der Waals surface area contributed by atoms with Crippen LogP contribution in [0, 0.1) is 11.7 Å². The van der Waals surface area contributed by atoms with Gasteiger partial charge in [-0.25, -0.2) is 9.07 Å². The molecule has 0 saturated heterocycles. The van der Waals surface area contributed by atoms with Crippen LogP contribution >= 0.6 is 0 Å². The maximum Gasteiger partial charge on any atom is 0.274 e. The molecule has 4 aromatic rings. The standard InChI is InChI=1S/C23H22FN5O3/c1-13(2)12-29-23(31)18-7-5-4-6-17(18)19(27-29)21(30)25-14(3)22-26-20(28-32-22)15-8-10-16(24)11-9-15/h4-11,13-14H,12H2,1-3H3,(H,25,30). The minimum Gasteiger partial charge on any atom is -0.339 e. The lowest BCUT2D eigenvalue weighted by molar-refractivity contribution is 0.0926. The van der Waals surface area contributed by atoms with Gasteiger partial charge in [0.25, 0.3) is 11.5 Å². The van der Waals surface area contributed by atoms with Gasteiger partial charge in [-0.05, 0) is 43.2 Å². The van der Waals surface area contributed by atoms with E-state index in [1.807, 2.05) is 13.8 Å². The zero-order valence-corrected chi connectivity index (χ0v) is 17.9. The van der Waals surface area contributed by atoms with Gasteiger partial charge in [-0.15, -0.1) is 0 Å². The summed E-state index contributed by atoms with van der Waals surface area (Å²) in [6.07, 6.45) is 0. The number of amides is 1. The molecule has 0 radical (unpaired) electrons. The number of fused-ring (bicyclic) bond motifs is 1. The Morgan fingerprint density at radius 3 is 2.47 bits per heavy atom. The Labute approximate surface area is 183 Å². The van der Waals surface area contributed by atoms with E-state index in [-0.39, 0.29) is 34.7 Å². The Hall–Kier alpha value is -3.88. The molecule has 0 spiro atoms. The topological polar surface area (TPSA) is 103 Å². The van der Waals surface area contributed by atoms with E-state index in [1.54, 1.807) is 43.3 Å². The number of carbonyl (C=O) groups excluding carboxylic acids is 1. The molecule has 0 aliphatic heterocycles. The maximum absolute atomic E-state index is 13.1. The van der Waals surface area contributed by atoms with Crippen molar-refractivity contribution in [1.29, 1.82) is 0 Å². The van der Waals surface area contributed by atoms with Gasteiger partial charge in [0.15, 0.2) is 5.69 Å². The normalized spacial score (nSPS) is 12.3. The minimum atomic E-state index is -0.616. The molecule has 2 aromatic carbocycles. The predicted molar refractivity (Wildman–Crippen MR) is 116 cm³/mol. The van der Waals surface area contributed by atoms with Crippen molar-refractivity contribution in [2.24, 2.45) is 5.92 Å². The first kappa shape index (κ1) is 21.4. The molecule has 32 heavy (non-hydrogen) atoms. The molecule has 8 nitrogen and oxygen atoms in total. The minimum absolute atomic E-state index is 0.144. The number of halogens is 1. The van der Waals surface area contributed by atoms with E-state index in [2.05, 4.69) is 20.6 Å². The molecule has 0 saturated carbocycles. The van der Waals surface area contributed by atoms with Crippen molar-refractivity contribution >= 4 is 16.7 Å². The van der Waals surface area contributed by atoms with Gasteiger partial charge >= 0.3 is 0 Å². The van der Waals surface area contributed by atoms with Gasteiger partial charge in [0, 0.05) is 17.5 Å². The Kier molecular flexibility index (Phi) is 5.81. The third-order valence-electron chi connectivity index (χ3n) is 4.88. The lowest BCUT2D eigenvalue weighted by atomic mass is 10.1. The summed E-state index contributed by atoms with van der Waals surface area (Å²) in [5.74, 6) is -0.170. The summed E-state index contributed by atoms with van der Waals surface area (Å²) < 4.78 is 19.7. The van der Waals surface area contributed by atoms with Gasteiger partial charge in [-0.1, -0.05) is 37.2 Å². The third-order valence-corrected chi connectivity index (χ3v) is 4.88. The second-order valence-electron chi connectivity index (χ2n) is 7.93.